The van der Waals surface area contributed by atoms with E-state index in [1.165, 1.54) is 82.8 Å². The molecule has 0 bridgehead atoms. The van der Waals surface area contributed by atoms with Crippen LogP contribution in [0.15, 0.2) is 23.9 Å². The van der Waals surface area contributed by atoms with Gasteiger partial charge in [0.05, 0.1) is 0 Å². The number of ketones is 2. The number of hydrogen-bond acceptors (Lipinski definition) is 3. The Hall–Kier alpha value is -1.38. The summed E-state index contributed by atoms with van der Waals surface area (Å²) in [7, 11) is 0. The van der Waals surface area contributed by atoms with Crippen LogP contribution in [-0.4, -0.2) is 18.1 Å². The highest BCUT2D eigenvalue weighted by molar-refractivity contribution is 6.46. The third kappa shape index (κ3) is 10.1. The standard InChI is InChI=1S/C20H33NO2/c1-2-3-4-5-6-7-8-9-10-11-12-13-16-21-18-14-15-19(22)20(23)17-18/h14-15,17,21H,2-13,16H2,1H3. The van der Waals surface area contributed by atoms with E-state index in [-0.39, 0.29) is 0 Å². The van der Waals surface area contributed by atoms with Crippen LogP contribution in [0, 0.1) is 0 Å². The maximum atomic E-state index is 11.2. The van der Waals surface area contributed by atoms with Crippen molar-refractivity contribution < 1.29 is 9.59 Å². The summed E-state index contributed by atoms with van der Waals surface area (Å²) in [5.41, 5.74) is 0.762. The van der Waals surface area contributed by atoms with Crippen molar-refractivity contribution in [3.63, 3.8) is 0 Å². The Kier molecular flexibility index (Phi) is 11.2. The molecule has 3 nitrogen and oxygen atoms in total. The van der Waals surface area contributed by atoms with Crippen molar-refractivity contribution in [3.8, 4) is 0 Å². The van der Waals surface area contributed by atoms with Crippen LogP contribution in [-0.2, 0) is 9.59 Å². The zero-order valence-electron chi connectivity index (χ0n) is 14.7. The Balaban J connectivity index is 1.83. The lowest BCUT2D eigenvalue weighted by atomic mass is 10.1. The minimum atomic E-state index is -0.430. The summed E-state index contributed by atoms with van der Waals surface area (Å²) in [5, 5.41) is 3.21. The van der Waals surface area contributed by atoms with Gasteiger partial charge in [-0.2, -0.15) is 0 Å². The third-order valence-corrected chi connectivity index (χ3v) is 4.30. The molecule has 0 heterocycles. The molecule has 0 spiro atoms. The normalized spacial score (nSPS) is 14.2. The highest BCUT2D eigenvalue weighted by Gasteiger charge is 2.12. The number of nitrogens with one attached hydrogen (secondary N) is 1. The molecule has 130 valence electrons. The predicted octanol–water partition coefficient (Wildman–Crippen LogP) is 4.87. The Morgan fingerprint density at radius 1 is 0.696 bits per heavy atom. The summed E-state index contributed by atoms with van der Waals surface area (Å²) >= 11 is 0. The molecular weight excluding hydrogens is 286 g/mol. The molecule has 1 aliphatic rings. The van der Waals surface area contributed by atoms with Crippen molar-refractivity contribution in [3.05, 3.63) is 23.9 Å². The van der Waals surface area contributed by atoms with Crippen LogP contribution in [0.3, 0.4) is 0 Å². The SMILES string of the molecule is CCCCCCCCCCCCCCNC1=CC(=O)C(=O)C=C1. The topological polar surface area (TPSA) is 46.2 Å². The van der Waals surface area contributed by atoms with E-state index in [0.29, 0.717) is 0 Å². The van der Waals surface area contributed by atoms with Crippen molar-refractivity contribution in [1.82, 2.24) is 5.32 Å². The van der Waals surface area contributed by atoms with Gasteiger partial charge >= 0.3 is 0 Å². The van der Waals surface area contributed by atoms with E-state index < -0.39 is 11.6 Å². The highest BCUT2D eigenvalue weighted by atomic mass is 16.2. The number of unbranched alkanes of at least 4 members (excludes halogenated alkanes) is 11. The summed E-state index contributed by atoms with van der Waals surface area (Å²) < 4.78 is 0. The minimum Gasteiger partial charge on any atom is -0.385 e. The molecular formula is C20H33NO2. The molecule has 1 rings (SSSR count). The number of carbonyl (C=O) groups is 2. The predicted molar refractivity (Wildman–Crippen MR) is 96.3 cm³/mol. The number of hydrogen-bond donors (Lipinski definition) is 1. The molecule has 1 aliphatic carbocycles. The number of carbonyl (C=O) groups excluding carboxylic acids is 2. The monoisotopic (exact) mass is 319 g/mol. The van der Waals surface area contributed by atoms with E-state index in [1.807, 2.05) is 0 Å². The van der Waals surface area contributed by atoms with E-state index in [9.17, 15) is 9.59 Å². The Morgan fingerprint density at radius 3 is 1.74 bits per heavy atom. The van der Waals surface area contributed by atoms with E-state index >= 15 is 0 Å². The molecule has 0 saturated carbocycles. The molecule has 0 aromatic heterocycles. The molecule has 0 radical (unpaired) electrons. The summed E-state index contributed by atoms with van der Waals surface area (Å²) in [6.07, 6.45) is 20.5. The van der Waals surface area contributed by atoms with Gasteiger partial charge in [0, 0.05) is 18.3 Å². The summed E-state index contributed by atoms with van der Waals surface area (Å²) in [6.45, 7) is 3.13. The van der Waals surface area contributed by atoms with Gasteiger partial charge in [0.15, 0.2) is 0 Å². The lowest BCUT2D eigenvalue weighted by molar-refractivity contribution is -0.131. The second-order valence-electron chi connectivity index (χ2n) is 6.48. The van der Waals surface area contributed by atoms with Crippen molar-refractivity contribution in [2.24, 2.45) is 0 Å². The fourth-order valence-corrected chi connectivity index (χ4v) is 2.82. The smallest absolute Gasteiger partial charge is 0.227 e. The van der Waals surface area contributed by atoms with Crippen LogP contribution < -0.4 is 5.32 Å². The maximum Gasteiger partial charge on any atom is 0.227 e. The first-order valence-corrected chi connectivity index (χ1v) is 9.46. The first-order valence-electron chi connectivity index (χ1n) is 9.46. The Bertz CT molecular complexity index is 410. The van der Waals surface area contributed by atoms with Crippen LogP contribution in [0.25, 0.3) is 0 Å². The molecule has 0 amide bonds. The van der Waals surface area contributed by atoms with Crippen molar-refractivity contribution in [2.75, 3.05) is 6.54 Å². The van der Waals surface area contributed by atoms with Gasteiger partial charge < -0.3 is 5.32 Å². The molecule has 0 fully saturated rings. The van der Waals surface area contributed by atoms with Crippen LogP contribution in [0.4, 0.5) is 0 Å². The quantitative estimate of drug-likeness (QED) is 0.282. The molecule has 0 aromatic carbocycles. The van der Waals surface area contributed by atoms with E-state index in [0.717, 1.165) is 18.7 Å². The molecule has 0 aliphatic heterocycles. The Labute approximate surface area is 141 Å². The van der Waals surface area contributed by atoms with Gasteiger partial charge in [0.1, 0.15) is 0 Å². The van der Waals surface area contributed by atoms with Crippen molar-refractivity contribution in [2.45, 2.75) is 84.0 Å². The van der Waals surface area contributed by atoms with Gasteiger partial charge in [0.25, 0.3) is 0 Å². The van der Waals surface area contributed by atoms with Gasteiger partial charge in [-0.25, -0.2) is 0 Å². The fourth-order valence-electron chi connectivity index (χ4n) is 2.82. The number of rotatable bonds is 14. The van der Waals surface area contributed by atoms with Crippen LogP contribution in [0.1, 0.15) is 84.0 Å². The second kappa shape index (κ2) is 13.1. The second-order valence-corrected chi connectivity index (χ2v) is 6.48. The zero-order valence-corrected chi connectivity index (χ0v) is 14.7. The van der Waals surface area contributed by atoms with Gasteiger partial charge in [-0.05, 0) is 18.6 Å². The van der Waals surface area contributed by atoms with Crippen LogP contribution >= 0.6 is 0 Å². The molecule has 0 unspecified atom stereocenters. The molecule has 0 aromatic rings. The lowest BCUT2D eigenvalue weighted by Gasteiger charge is -2.09. The maximum absolute atomic E-state index is 11.2. The van der Waals surface area contributed by atoms with Crippen molar-refractivity contribution >= 4 is 11.6 Å². The molecule has 1 N–H and O–H groups in total. The highest BCUT2D eigenvalue weighted by Crippen LogP contribution is 2.12. The first kappa shape index (κ1) is 19.7. The summed E-state index contributed by atoms with van der Waals surface area (Å²) in [4.78, 5) is 22.2. The molecule has 23 heavy (non-hydrogen) atoms. The first-order chi connectivity index (χ1) is 11.2. The third-order valence-electron chi connectivity index (χ3n) is 4.30. The molecule has 0 saturated heterocycles. The van der Waals surface area contributed by atoms with E-state index in [2.05, 4.69) is 12.2 Å². The van der Waals surface area contributed by atoms with Gasteiger partial charge in [-0.1, -0.05) is 77.6 Å². The Morgan fingerprint density at radius 2 is 1.22 bits per heavy atom. The van der Waals surface area contributed by atoms with E-state index in [4.69, 9.17) is 0 Å². The van der Waals surface area contributed by atoms with Gasteiger partial charge in [-0.3, -0.25) is 9.59 Å². The largest absolute Gasteiger partial charge is 0.385 e. The minimum absolute atomic E-state index is 0.426. The van der Waals surface area contributed by atoms with Crippen LogP contribution in [0.5, 0.6) is 0 Å². The molecule has 3 heteroatoms. The average molecular weight is 319 g/mol. The van der Waals surface area contributed by atoms with Gasteiger partial charge in [0.2, 0.25) is 11.6 Å². The lowest BCUT2D eigenvalue weighted by Crippen LogP contribution is -2.20. The summed E-state index contributed by atoms with van der Waals surface area (Å²) in [5.74, 6) is -0.856. The zero-order chi connectivity index (χ0) is 16.8. The van der Waals surface area contributed by atoms with Crippen LogP contribution in [0.2, 0.25) is 0 Å². The fraction of sp³-hybridized carbons (Fsp3) is 0.700. The molecule has 0 atom stereocenters. The van der Waals surface area contributed by atoms with Crippen molar-refractivity contribution in [1.29, 1.82) is 0 Å². The number of allylic oxidation sites excluding steroid dienone is 3. The summed E-state index contributed by atoms with van der Waals surface area (Å²) in [6, 6.07) is 0. The van der Waals surface area contributed by atoms with Gasteiger partial charge in [-0.15, -0.1) is 0 Å². The average Bonchev–Trinajstić information content (AvgIpc) is 2.55. The van der Waals surface area contributed by atoms with E-state index in [1.54, 1.807) is 6.08 Å².